The van der Waals surface area contributed by atoms with Crippen molar-refractivity contribution in [1.82, 2.24) is 14.7 Å². The number of ether oxygens (including phenoxy) is 1. The number of hydrogen-bond donors (Lipinski definition) is 0. The summed E-state index contributed by atoms with van der Waals surface area (Å²) in [6, 6.07) is 5.56. The molecule has 0 saturated carbocycles. The van der Waals surface area contributed by atoms with Crippen molar-refractivity contribution in [1.29, 1.82) is 0 Å². The molecular formula is C24H38F3N3O2. The van der Waals surface area contributed by atoms with Gasteiger partial charge in [0.05, 0.1) is 5.56 Å². The molecule has 0 N–H and O–H groups in total. The number of nitrogens with zero attached hydrogens (tertiary/aromatic N) is 3. The number of carbonyl (C=O) groups is 1. The van der Waals surface area contributed by atoms with E-state index >= 15 is 0 Å². The Morgan fingerprint density at radius 3 is 2.44 bits per heavy atom. The Kier molecular flexibility index (Phi) is 8.62. The van der Waals surface area contributed by atoms with Gasteiger partial charge in [0, 0.05) is 31.7 Å². The van der Waals surface area contributed by atoms with Crippen LogP contribution >= 0.6 is 0 Å². The molecule has 1 atom stereocenters. The Hall–Kier alpha value is -1.80. The monoisotopic (exact) mass is 457 g/mol. The van der Waals surface area contributed by atoms with Gasteiger partial charge in [-0.15, -0.1) is 0 Å². The number of likely N-dealkylation sites (tertiary alicyclic amines) is 1. The predicted octanol–water partition coefficient (Wildman–Crippen LogP) is 4.90. The van der Waals surface area contributed by atoms with Gasteiger partial charge in [0.15, 0.2) is 0 Å². The zero-order chi connectivity index (χ0) is 24.2. The average Bonchev–Trinajstić information content (AvgIpc) is 2.69. The van der Waals surface area contributed by atoms with Crippen LogP contribution in [-0.2, 0) is 17.3 Å². The Labute approximate surface area is 190 Å². The number of rotatable bonds is 7. The van der Waals surface area contributed by atoms with E-state index in [9.17, 15) is 18.0 Å². The van der Waals surface area contributed by atoms with Gasteiger partial charge in [-0.2, -0.15) is 13.2 Å². The maximum Gasteiger partial charge on any atom is 0.416 e. The van der Waals surface area contributed by atoms with E-state index in [-0.39, 0.29) is 11.6 Å². The largest absolute Gasteiger partial charge is 0.444 e. The van der Waals surface area contributed by atoms with E-state index in [0.29, 0.717) is 31.5 Å². The van der Waals surface area contributed by atoms with Crippen LogP contribution in [0.1, 0.15) is 51.2 Å². The minimum Gasteiger partial charge on any atom is -0.444 e. The smallest absolute Gasteiger partial charge is 0.416 e. The van der Waals surface area contributed by atoms with Gasteiger partial charge >= 0.3 is 12.3 Å². The fraction of sp³-hybridized carbons (Fsp3) is 0.708. The van der Waals surface area contributed by atoms with Crippen molar-refractivity contribution >= 4 is 6.09 Å². The highest BCUT2D eigenvalue weighted by atomic mass is 19.4. The van der Waals surface area contributed by atoms with Gasteiger partial charge in [-0.1, -0.05) is 18.2 Å². The van der Waals surface area contributed by atoms with Gasteiger partial charge in [0.2, 0.25) is 0 Å². The van der Waals surface area contributed by atoms with E-state index < -0.39 is 17.3 Å². The van der Waals surface area contributed by atoms with E-state index in [1.807, 2.05) is 41.9 Å². The number of halogens is 3. The number of alkyl halides is 3. The minimum atomic E-state index is -4.35. The summed E-state index contributed by atoms with van der Waals surface area (Å²) in [4.78, 5) is 18.9. The number of piperidine rings is 1. The molecule has 2 rings (SSSR count). The second-order valence-corrected chi connectivity index (χ2v) is 10.2. The van der Waals surface area contributed by atoms with Crippen molar-refractivity contribution in [3.8, 4) is 0 Å². The molecule has 0 spiro atoms. The molecule has 8 heteroatoms. The first-order valence-corrected chi connectivity index (χ1v) is 11.2. The molecule has 0 bridgehead atoms. The van der Waals surface area contributed by atoms with Crippen molar-refractivity contribution in [2.45, 2.75) is 63.8 Å². The van der Waals surface area contributed by atoms with Crippen LogP contribution in [0.4, 0.5) is 18.0 Å². The molecule has 0 aliphatic carbocycles. The highest BCUT2D eigenvalue weighted by Crippen LogP contribution is 2.34. The van der Waals surface area contributed by atoms with Crippen LogP contribution in [0.2, 0.25) is 0 Å². The Morgan fingerprint density at radius 2 is 1.84 bits per heavy atom. The van der Waals surface area contributed by atoms with Crippen LogP contribution in [0.3, 0.4) is 0 Å². The van der Waals surface area contributed by atoms with E-state index in [1.54, 1.807) is 11.0 Å². The normalized spacial score (nSPS) is 20.2. The lowest BCUT2D eigenvalue weighted by molar-refractivity contribution is -0.137. The summed E-state index contributed by atoms with van der Waals surface area (Å²) in [6.45, 7) is 8.33. The Bertz CT molecular complexity index is 762. The van der Waals surface area contributed by atoms with Crippen molar-refractivity contribution in [2.75, 3.05) is 47.3 Å². The van der Waals surface area contributed by atoms with Gasteiger partial charge in [-0.05, 0) is 79.2 Å². The van der Waals surface area contributed by atoms with E-state index in [2.05, 4.69) is 9.80 Å². The molecule has 1 aliphatic rings. The number of amides is 1. The number of aryl methyl sites for hydroxylation is 1. The van der Waals surface area contributed by atoms with E-state index in [0.717, 1.165) is 32.0 Å². The maximum absolute atomic E-state index is 13.1. The summed E-state index contributed by atoms with van der Waals surface area (Å²) in [6.07, 6.45) is -1.80. The SMILES string of the molecule is CN(C)CCN(C)C1(CCc2cccc(C(F)(F)F)c2)CCCN(C(=O)OC(C)(C)C)C1. The van der Waals surface area contributed by atoms with Gasteiger partial charge in [0.25, 0.3) is 0 Å². The van der Waals surface area contributed by atoms with Crippen molar-refractivity contribution in [3.63, 3.8) is 0 Å². The van der Waals surface area contributed by atoms with Crippen LogP contribution in [-0.4, -0.2) is 79.3 Å². The molecule has 1 fully saturated rings. The molecule has 1 aromatic rings. The molecule has 1 saturated heterocycles. The second kappa shape index (κ2) is 10.4. The molecule has 1 aliphatic heterocycles. The van der Waals surface area contributed by atoms with Crippen LogP contribution in [0.5, 0.6) is 0 Å². The molecule has 32 heavy (non-hydrogen) atoms. The van der Waals surface area contributed by atoms with Gasteiger partial charge in [-0.3, -0.25) is 4.90 Å². The molecule has 0 radical (unpaired) electrons. The zero-order valence-electron chi connectivity index (χ0n) is 20.3. The van der Waals surface area contributed by atoms with Crippen LogP contribution < -0.4 is 0 Å². The summed E-state index contributed by atoms with van der Waals surface area (Å²) in [7, 11) is 6.07. The van der Waals surface area contributed by atoms with E-state index in [4.69, 9.17) is 4.74 Å². The third kappa shape index (κ3) is 7.66. The van der Waals surface area contributed by atoms with Gasteiger partial charge in [0.1, 0.15) is 5.60 Å². The Morgan fingerprint density at radius 1 is 1.16 bits per heavy atom. The third-order valence-electron chi connectivity index (χ3n) is 6.03. The molecule has 0 aromatic heterocycles. The first-order chi connectivity index (χ1) is 14.7. The molecule has 1 heterocycles. The third-order valence-corrected chi connectivity index (χ3v) is 6.03. The number of likely N-dealkylation sites (N-methyl/N-ethyl adjacent to an activating group) is 2. The van der Waals surface area contributed by atoms with Gasteiger partial charge < -0.3 is 14.5 Å². The zero-order valence-corrected chi connectivity index (χ0v) is 20.3. The van der Waals surface area contributed by atoms with Crippen molar-refractivity contribution < 1.29 is 22.7 Å². The highest BCUT2D eigenvalue weighted by molar-refractivity contribution is 5.68. The standard InChI is InChI=1S/C24H38F3N3O2/c1-22(2,3)32-21(31)30-14-8-12-23(18-30,29(6)16-15-28(4)5)13-11-19-9-7-10-20(17-19)24(25,26)27/h7,9-10,17H,8,11-16,18H2,1-6H3. The fourth-order valence-electron chi connectivity index (χ4n) is 4.17. The van der Waals surface area contributed by atoms with Crippen LogP contribution in [0.15, 0.2) is 24.3 Å². The molecule has 182 valence electrons. The van der Waals surface area contributed by atoms with E-state index in [1.165, 1.54) is 12.1 Å². The number of benzene rings is 1. The fourth-order valence-corrected chi connectivity index (χ4v) is 4.17. The molecule has 5 nitrogen and oxygen atoms in total. The molecular weight excluding hydrogens is 419 g/mol. The number of carbonyl (C=O) groups excluding carboxylic acids is 1. The lowest BCUT2D eigenvalue weighted by Crippen LogP contribution is -2.60. The topological polar surface area (TPSA) is 36.0 Å². The van der Waals surface area contributed by atoms with Crippen LogP contribution in [0.25, 0.3) is 0 Å². The average molecular weight is 458 g/mol. The molecule has 1 amide bonds. The predicted molar refractivity (Wildman–Crippen MR) is 121 cm³/mol. The second-order valence-electron chi connectivity index (χ2n) is 10.2. The summed E-state index contributed by atoms with van der Waals surface area (Å²) in [5.74, 6) is 0. The van der Waals surface area contributed by atoms with Crippen LogP contribution in [0, 0.1) is 0 Å². The van der Waals surface area contributed by atoms with Gasteiger partial charge in [-0.25, -0.2) is 4.79 Å². The first kappa shape index (κ1) is 26.5. The summed E-state index contributed by atoms with van der Waals surface area (Å²) >= 11 is 0. The first-order valence-electron chi connectivity index (χ1n) is 11.2. The summed E-state index contributed by atoms with van der Waals surface area (Å²) < 4.78 is 45.0. The van der Waals surface area contributed by atoms with Crippen molar-refractivity contribution in [3.05, 3.63) is 35.4 Å². The Balaban J connectivity index is 2.22. The summed E-state index contributed by atoms with van der Waals surface area (Å²) in [5, 5.41) is 0. The molecule has 1 aromatic carbocycles. The lowest BCUT2D eigenvalue weighted by atomic mass is 9.82. The minimum absolute atomic E-state index is 0.320. The number of hydrogen-bond acceptors (Lipinski definition) is 4. The van der Waals surface area contributed by atoms with Crippen molar-refractivity contribution in [2.24, 2.45) is 0 Å². The summed E-state index contributed by atoms with van der Waals surface area (Å²) in [5.41, 5.74) is -0.857. The lowest BCUT2D eigenvalue weighted by Gasteiger charge is -2.49. The molecule has 1 unspecified atom stereocenters. The maximum atomic E-state index is 13.1. The highest BCUT2D eigenvalue weighted by Gasteiger charge is 2.41. The quantitative estimate of drug-likeness (QED) is 0.584.